The molecular formula is C21H20N4O4S. The Balaban J connectivity index is 1.73. The van der Waals surface area contributed by atoms with Crippen molar-refractivity contribution in [3.8, 4) is 17.2 Å². The zero-order valence-electron chi connectivity index (χ0n) is 16.7. The Bertz CT molecular complexity index is 1150. The molecule has 1 unspecified atom stereocenters. The maximum absolute atomic E-state index is 13.2. The summed E-state index contributed by atoms with van der Waals surface area (Å²) in [6, 6.07) is 14.7. The summed E-state index contributed by atoms with van der Waals surface area (Å²) in [5.41, 5.74) is 1.94. The first-order valence-corrected chi connectivity index (χ1v) is 9.98. The van der Waals surface area contributed by atoms with Crippen LogP contribution in [0.25, 0.3) is 11.0 Å². The molecule has 1 atom stereocenters. The number of hydrogen-bond donors (Lipinski definition) is 1. The van der Waals surface area contributed by atoms with E-state index in [1.165, 1.54) is 32.7 Å². The molecule has 1 N–H and O–H groups in total. The van der Waals surface area contributed by atoms with Crippen molar-refractivity contribution in [2.24, 2.45) is 0 Å². The third-order valence-corrected chi connectivity index (χ3v) is 5.55. The lowest BCUT2D eigenvalue weighted by molar-refractivity contribution is 0.0927. The quantitative estimate of drug-likeness (QED) is 0.489. The number of amides is 1. The molecule has 0 aliphatic carbocycles. The monoisotopic (exact) mass is 424 g/mol. The summed E-state index contributed by atoms with van der Waals surface area (Å²) in [5, 5.41) is 13.5. The number of carbonyl (C=O) groups is 1. The predicted octanol–water partition coefficient (Wildman–Crippen LogP) is 3.50. The van der Waals surface area contributed by atoms with Gasteiger partial charge in [-0.25, -0.2) is 4.68 Å². The van der Waals surface area contributed by atoms with Crippen LogP contribution in [0.1, 0.15) is 21.4 Å². The van der Waals surface area contributed by atoms with Crippen LogP contribution in [0, 0.1) is 0 Å². The topological polar surface area (TPSA) is 87.5 Å². The van der Waals surface area contributed by atoms with Gasteiger partial charge in [0.25, 0.3) is 5.91 Å². The van der Waals surface area contributed by atoms with Crippen LogP contribution < -0.4 is 19.5 Å². The van der Waals surface area contributed by atoms with Gasteiger partial charge in [-0.15, -0.1) is 16.4 Å². The highest BCUT2D eigenvalue weighted by atomic mass is 32.1. The Kier molecular flexibility index (Phi) is 5.53. The van der Waals surface area contributed by atoms with Crippen LogP contribution >= 0.6 is 11.3 Å². The summed E-state index contributed by atoms with van der Waals surface area (Å²) in [6.07, 6.45) is -0.524. The van der Waals surface area contributed by atoms with Crippen molar-refractivity contribution in [3.05, 3.63) is 64.4 Å². The highest BCUT2D eigenvalue weighted by Crippen LogP contribution is 2.38. The van der Waals surface area contributed by atoms with Crippen molar-refractivity contribution in [2.45, 2.75) is 6.17 Å². The molecule has 0 aliphatic rings. The fourth-order valence-electron chi connectivity index (χ4n) is 3.20. The first-order valence-electron chi connectivity index (χ1n) is 9.10. The molecule has 30 heavy (non-hydrogen) atoms. The van der Waals surface area contributed by atoms with E-state index in [2.05, 4.69) is 15.6 Å². The van der Waals surface area contributed by atoms with Crippen LogP contribution in [0.4, 0.5) is 0 Å². The minimum absolute atomic E-state index is 0.313. The molecule has 1 amide bonds. The van der Waals surface area contributed by atoms with Crippen LogP contribution in [-0.4, -0.2) is 42.2 Å². The lowest BCUT2D eigenvalue weighted by Gasteiger charge is -2.19. The molecule has 0 fully saturated rings. The van der Waals surface area contributed by atoms with Gasteiger partial charge in [0.15, 0.2) is 17.7 Å². The van der Waals surface area contributed by atoms with Crippen LogP contribution in [0.5, 0.6) is 17.2 Å². The highest BCUT2D eigenvalue weighted by Gasteiger charge is 2.24. The molecule has 0 bridgehead atoms. The van der Waals surface area contributed by atoms with E-state index < -0.39 is 6.17 Å². The van der Waals surface area contributed by atoms with Gasteiger partial charge in [-0.1, -0.05) is 23.4 Å². The summed E-state index contributed by atoms with van der Waals surface area (Å²) in [6.45, 7) is 0. The van der Waals surface area contributed by atoms with Crippen LogP contribution in [-0.2, 0) is 0 Å². The average Bonchev–Trinajstić information content (AvgIpc) is 3.46. The van der Waals surface area contributed by atoms with Crippen molar-refractivity contribution in [1.82, 2.24) is 20.3 Å². The predicted molar refractivity (Wildman–Crippen MR) is 114 cm³/mol. The fraction of sp³-hybridized carbons (Fsp3) is 0.190. The molecule has 2 heterocycles. The number of carbonyl (C=O) groups excluding carboxylic acids is 1. The second-order valence-corrected chi connectivity index (χ2v) is 7.31. The van der Waals surface area contributed by atoms with Gasteiger partial charge in [0, 0.05) is 10.4 Å². The Morgan fingerprint density at radius 2 is 1.77 bits per heavy atom. The maximum atomic E-state index is 13.2. The van der Waals surface area contributed by atoms with Gasteiger partial charge in [-0.2, -0.15) is 0 Å². The molecule has 2 aromatic heterocycles. The number of fused-ring (bicyclic) bond motifs is 1. The van der Waals surface area contributed by atoms with Crippen molar-refractivity contribution < 1.29 is 19.0 Å². The van der Waals surface area contributed by atoms with E-state index in [4.69, 9.17) is 14.2 Å². The average molecular weight is 424 g/mol. The number of benzene rings is 2. The molecule has 0 aliphatic heterocycles. The third kappa shape index (κ3) is 3.55. The molecule has 0 saturated carbocycles. The SMILES string of the molecule is COc1cc(C(=O)NC(c2cccs2)n2nnc3ccccc32)cc(OC)c1OC. The maximum Gasteiger partial charge on any atom is 0.253 e. The number of aromatic nitrogens is 3. The number of nitrogens with one attached hydrogen (secondary N) is 1. The number of rotatable bonds is 7. The number of hydrogen-bond acceptors (Lipinski definition) is 7. The number of methoxy groups -OCH3 is 3. The Morgan fingerprint density at radius 1 is 1.03 bits per heavy atom. The Morgan fingerprint density at radius 3 is 2.40 bits per heavy atom. The zero-order valence-corrected chi connectivity index (χ0v) is 17.5. The first-order chi connectivity index (χ1) is 14.7. The summed E-state index contributed by atoms with van der Waals surface area (Å²) >= 11 is 1.52. The van der Waals surface area contributed by atoms with E-state index in [1.54, 1.807) is 16.8 Å². The fourth-order valence-corrected chi connectivity index (χ4v) is 3.96. The minimum atomic E-state index is -0.524. The molecule has 154 valence electrons. The summed E-state index contributed by atoms with van der Waals surface area (Å²) < 4.78 is 17.8. The summed E-state index contributed by atoms with van der Waals surface area (Å²) in [7, 11) is 4.53. The lowest BCUT2D eigenvalue weighted by atomic mass is 10.1. The Labute approximate surface area is 177 Å². The number of para-hydroxylation sites is 1. The zero-order chi connectivity index (χ0) is 21.1. The Hall–Kier alpha value is -3.59. The van der Waals surface area contributed by atoms with Crippen LogP contribution in [0.2, 0.25) is 0 Å². The minimum Gasteiger partial charge on any atom is -0.493 e. The van der Waals surface area contributed by atoms with Gasteiger partial charge < -0.3 is 19.5 Å². The van der Waals surface area contributed by atoms with E-state index >= 15 is 0 Å². The number of ether oxygens (including phenoxy) is 3. The molecule has 4 aromatic rings. The molecule has 0 saturated heterocycles. The molecule has 0 radical (unpaired) electrons. The molecule has 8 nitrogen and oxygen atoms in total. The van der Waals surface area contributed by atoms with Gasteiger partial charge in [0.1, 0.15) is 5.52 Å². The highest BCUT2D eigenvalue weighted by molar-refractivity contribution is 7.10. The standard InChI is InChI=1S/C21H20N4O4S/c1-27-16-11-13(12-17(28-2)19(16)29-3)21(26)22-20(18-9-6-10-30-18)25-15-8-5-4-7-14(15)23-24-25/h4-12,20H,1-3H3,(H,22,26). The largest absolute Gasteiger partial charge is 0.493 e. The second-order valence-electron chi connectivity index (χ2n) is 6.33. The van der Waals surface area contributed by atoms with Crippen LogP contribution in [0.15, 0.2) is 53.9 Å². The van der Waals surface area contributed by atoms with Crippen molar-refractivity contribution in [3.63, 3.8) is 0 Å². The van der Waals surface area contributed by atoms with E-state index in [0.29, 0.717) is 22.8 Å². The number of nitrogens with zero attached hydrogens (tertiary/aromatic N) is 3. The van der Waals surface area contributed by atoms with Crippen LogP contribution in [0.3, 0.4) is 0 Å². The van der Waals surface area contributed by atoms with Crippen molar-refractivity contribution in [2.75, 3.05) is 21.3 Å². The van der Waals surface area contributed by atoms with E-state index in [-0.39, 0.29) is 5.91 Å². The smallest absolute Gasteiger partial charge is 0.253 e. The van der Waals surface area contributed by atoms with Gasteiger partial charge >= 0.3 is 0 Å². The van der Waals surface area contributed by atoms with Crippen molar-refractivity contribution in [1.29, 1.82) is 0 Å². The third-order valence-electron chi connectivity index (χ3n) is 4.63. The van der Waals surface area contributed by atoms with Gasteiger partial charge in [-0.05, 0) is 35.7 Å². The van der Waals surface area contributed by atoms with E-state index in [0.717, 1.165) is 15.9 Å². The summed E-state index contributed by atoms with van der Waals surface area (Å²) in [5.74, 6) is 0.919. The second kappa shape index (κ2) is 8.42. The lowest BCUT2D eigenvalue weighted by Crippen LogP contribution is -2.33. The number of thiophene rings is 1. The van der Waals surface area contributed by atoms with Gasteiger partial charge in [0.2, 0.25) is 5.75 Å². The van der Waals surface area contributed by atoms with Gasteiger partial charge in [-0.3, -0.25) is 4.79 Å². The summed E-state index contributed by atoms with van der Waals surface area (Å²) in [4.78, 5) is 14.1. The first kappa shape index (κ1) is 19.7. The molecular weight excluding hydrogens is 404 g/mol. The normalized spacial score (nSPS) is 11.8. The van der Waals surface area contributed by atoms with E-state index in [9.17, 15) is 4.79 Å². The molecule has 0 spiro atoms. The van der Waals surface area contributed by atoms with Crippen molar-refractivity contribution >= 4 is 28.3 Å². The van der Waals surface area contributed by atoms with Gasteiger partial charge in [0.05, 0.1) is 26.8 Å². The molecule has 4 rings (SSSR count). The van der Waals surface area contributed by atoms with E-state index in [1.807, 2.05) is 41.8 Å². The molecule has 9 heteroatoms. The molecule has 2 aromatic carbocycles.